The molecule has 0 unspecified atom stereocenters. The van der Waals surface area contributed by atoms with Crippen molar-refractivity contribution in [3.8, 4) is 0 Å². The maximum Gasteiger partial charge on any atom is 0.269 e. The molecule has 1 N–H and O–H groups in total. The van der Waals surface area contributed by atoms with Crippen LogP contribution in [0.2, 0.25) is 0 Å². The van der Waals surface area contributed by atoms with Gasteiger partial charge in [-0.2, -0.15) is 4.99 Å². The molecule has 7 nitrogen and oxygen atoms in total. The Labute approximate surface area is 193 Å². The first kappa shape index (κ1) is 20.1. The molecule has 4 bridgehead atoms. The van der Waals surface area contributed by atoms with Gasteiger partial charge in [0.1, 0.15) is 0 Å². The van der Waals surface area contributed by atoms with Gasteiger partial charge in [0.25, 0.3) is 11.6 Å². The molecule has 1 aromatic carbocycles. The Balaban J connectivity index is 1.20. The number of hydrogen-bond acceptors (Lipinski definition) is 7. The zero-order valence-electron chi connectivity index (χ0n) is 17.3. The fraction of sp³-hybridized carbons (Fsp3) is 0.435. The highest BCUT2D eigenvalue weighted by Crippen LogP contribution is 2.60. The molecule has 0 atom stereocenters. The summed E-state index contributed by atoms with van der Waals surface area (Å²) in [4.78, 5) is 32.8. The number of nitro groups is 1. The minimum absolute atomic E-state index is 0.0246. The van der Waals surface area contributed by atoms with Crippen molar-refractivity contribution in [2.24, 2.45) is 22.7 Å². The molecule has 5 aliphatic rings. The van der Waals surface area contributed by atoms with Crippen LogP contribution in [0.3, 0.4) is 0 Å². The molecule has 1 aromatic heterocycles. The number of nitrogens with zero attached hydrogens (tertiary/aromatic N) is 3. The van der Waals surface area contributed by atoms with E-state index in [4.69, 9.17) is 4.98 Å². The fourth-order valence-corrected chi connectivity index (χ4v) is 8.09. The molecule has 2 heterocycles. The van der Waals surface area contributed by atoms with Gasteiger partial charge in [0.15, 0.2) is 5.17 Å². The second-order valence-corrected chi connectivity index (χ2v) is 11.4. The molecule has 2 aromatic rings. The summed E-state index contributed by atoms with van der Waals surface area (Å²) in [5.74, 6) is 2.39. The van der Waals surface area contributed by atoms with Crippen LogP contribution in [0, 0.1) is 27.9 Å². The molecule has 32 heavy (non-hydrogen) atoms. The second kappa shape index (κ2) is 7.52. The highest BCUT2D eigenvalue weighted by Gasteiger charge is 2.52. The third-order valence-electron chi connectivity index (χ3n) is 7.32. The highest BCUT2D eigenvalue weighted by atomic mass is 32.2. The van der Waals surface area contributed by atoms with Gasteiger partial charge in [0.2, 0.25) is 5.13 Å². The lowest BCUT2D eigenvalue weighted by molar-refractivity contribution is -0.384. The molecule has 5 fully saturated rings. The minimum Gasteiger partial charge on any atom is -0.300 e. The number of hydrogen-bond donors (Lipinski definition) is 1. The molecule has 1 aliphatic heterocycles. The monoisotopic (exact) mass is 466 g/mol. The molecular weight excluding hydrogens is 444 g/mol. The van der Waals surface area contributed by atoms with Gasteiger partial charge in [-0.1, -0.05) is 0 Å². The number of carbonyl (C=O) groups is 1. The molecule has 9 heteroatoms. The summed E-state index contributed by atoms with van der Waals surface area (Å²) in [6, 6.07) is 6.13. The normalized spacial score (nSPS) is 33.2. The number of thioether (sulfide) groups is 1. The van der Waals surface area contributed by atoms with Crippen LogP contribution in [0.25, 0.3) is 6.08 Å². The van der Waals surface area contributed by atoms with Gasteiger partial charge in [-0.15, -0.1) is 11.3 Å². The molecule has 0 radical (unpaired) electrons. The quantitative estimate of drug-likeness (QED) is 0.369. The van der Waals surface area contributed by atoms with Gasteiger partial charge in [0, 0.05) is 22.9 Å². The number of rotatable bonds is 4. The largest absolute Gasteiger partial charge is 0.300 e. The third kappa shape index (κ3) is 3.57. The van der Waals surface area contributed by atoms with Gasteiger partial charge in [-0.05, 0) is 91.8 Å². The number of non-ortho nitro benzene ring substituents is 1. The Morgan fingerprint density at radius 1 is 1.12 bits per heavy atom. The van der Waals surface area contributed by atoms with Crippen molar-refractivity contribution in [3.05, 3.63) is 55.9 Å². The van der Waals surface area contributed by atoms with Crippen molar-refractivity contribution in [3.63, 3.8) is 0 Å². The van der Waals surface area contributed by atoms with E-state index in [1.54, 1.807) is 29.5 Å². The zero-order valence-corrected chi connectivity index (χ0v) is 19.0. The molecule has 0 spiro atoms. The van der Waals surface area contributed by atoms with E-state index in [2.05, 4.69) is 15.7 Å². The maximum atomic E-state index is 12.4. The number of thiazole rings is 1. The number of amidine groups is 1. The number of aromatic nitrogens is 1. The Bertz CT molecular complexity index is 1130. The van der Waals surface area contributed by atoms with Crippen LogP contribution < -0.4 is 5.32 Å². The average Bonchev–Trinajstić information content (AvgIpc) is 3.35. The van der Waals surface area contributed by atoms with Gasteiger partial charge in [0.05, 0.1) is 15.5 Å². The van der Waals surface area contributed by atoms with Crippen molar-refractivity contribution < 1.29 is 9.72 Å². The van der Waals surface area contributed by atoms with Crippen LogP contribution in [-0.4, -0.2) is 21.0 Å². The van der Waals surface area contributed by atoms with Crippen LogP contribution in [0.5, 0.6) is 0 Å². The Kier molecular flexibility index (Phi) is 4.73. The minimum atomic E-state index is -0.440. The van der Waals surface area contributed by atoms with E-state index in [1.165, 1.54) is 68.1 Å². The van der Waals surface area contributed by atoms with Crippen LogP contribution in [-0.2, 0) is 10.2 Å². The van der Waals surface area contributed by atoms with Crippen molar-refractivity contribution in [1.82, 2.24) is 10.3 Å². The van der Waals surface area contributed by atoms with Crippen molar-refractivity contribution in [2.75, 3.05) is 0 Å². The van der Waals surface area contributed by atoms with Crippen molar-refractivity contribution in [1.29, 1.82) is 0 Å². The summed E-state index contributed by atoms with van der Waals surface area (Å²) >= 11 is 2.82. The maximum absolute atomic E-state index is 12.4. The molecule has 1 saturated heterocycles. The van der Waals surface area contributed by atoms with Crippen LogP contribution >= 0.6 is 23.1 Å². The van der Waals surface area contributed by atoms with E-state index in [1.807, 2.05) is 0 Å². The molecule has 1 amide bonds. The number of amides is 1. The average molecular weight is 467 g/mol. The van der Waals surface area contributed by atoms with Crippen LogP contribution in [0.4, 0.5) is 10.8 Å². The number of benzene rings is 1. The SMILES string of the molecule is O=C1N/C(=N/c2nc(C34CC5CC(CC(C5)C3)C4)cs2)S/C1=C\c1ccc([N+](=O)[O-])cc1. The van der Waals surface area contributed by atoms with E-state index in [0.29, 0.717) is 15.2 Å². The summed E-state index contributed by atoms with van der Waals surface area (Å²) < 4.78 is 0. The Hall–Kier alpha value is -2.52. The first-order valence-corrected chi connectivity index (χ1v) is 12.7. The van der Waals surface area contributed by atoms with E-state index < -0.39 is 4.92 Å². The lowest BCUT2D eigenvalue weighted by Gasteiger charge is -2.56. The first-order valence-electron chi connectivity index (χ1n) is 11.0. The molecule has 4 aliphatic carbocycles. The summed E-state index contributed by atoms with van der Waals surface area (Å²) in [7, 11) is 0. The van der Waals surface area contributed by atoms with Crippen LogP contribution in [0.15, 0.2) is 39.5 Å². The predicted molar refractivity (Wildman–Crippen MR) is 126 cm³/mol. The van der Waals surface area contributed by atoms with E-state index in [9.17, 15) is 14.9 Å². The summed E-state index contributed by atoms with van der Waals surface area (Å²) in [5.41, 5.74) is 2.21. The fourth-order valence-electron chi connectivity index (χ4n) is 6.39. The van der Waals surface area contributed by atoms with Gasteiger partial charge >= 0.3 is 0 Å². The zero-order chi connectivity index (χ0) is 21.9. The molecular formula is C23H22N4O3S2. The predicted octanol–water partition coefficient (Wildman–Crippen LogP) is 5.41. The van der Waals surface area contributed by atoms with Gasteiger partial charge < -0.3 is 5.32 Å². The standard InChI is InChI=1S/C23H22N4O3S2/c28-20-18(8-13-1-3-17(4-2-13)27(29)30)32-22(25-20)26-21-24-19(12-31-21)23-9-14-5-15(10-23)7-16(6-14)11-23/h1-4,8,12,14-16H,5-7,9-11H2,(H,24,25,26,28)/b18-8-. The number of aliphatic imine (C=N–C) groups is 1. The molecule has 4 saturated carbocycles. The van der Waals surface area contributed by atoms with E-state index in [0.717, 1.165) is 23.3 Å². The third-order valence-corrected chi connectivity index (χ3v) is 8.97. The molecule has 164 valence electrons. The summed E-state index contributed by atoms with van der Waals surface area (Å²) in [6.07, 6.45) is 9.75. The Morgan fingerprint density at radius 3 is 2.41 bits per heavy atom. The van der Waals surface area contributed by atoms with E-state index >= 15 is 0 Å². The van der Waals surface area contributed by atoms with Crippen molar-refractivity contribution >= 4 is 51.1 Å². The number of carbonyl (C=O) groups excluding carboxylic acids is 1. The first-order chi connectivity index (χ1) is 15.5. The molecule has 7 rings (SSSR count). The number of nitrogens with one attached hydrogen (secondary N) is 1. The Morgan fingerprint density at radius 2 is 1.78 bits per heavy atom. The van der Waals surface area contributed by atoms with Crippen LogP contribution in [0.1, 0.15) is 49.8 Å². The van der Waals surface area contributed by atoms with Gasteiger partial charge in [-0.25, -0.2) is 4.98 Å². The summed E-state index contributed by atoms with van der Waals surface area (Å²) in [6.45, 7) is 0. The highest BCUT2D eigenvalue weighted by molar-refractivity contribution is 8.18. The smallest absolute Gasteiger partial charge is 0.269 e. The lowest BCUT2D eigenvalue weighted by Crippen LogP contribution is -2.48. The van der Waals surface area contributed by atoms with E-state index in [-0.39, 0.29) is 17.0 Å². The number of nitro benzene ring substituents is 1. The van der Waals surface area contributed by atoms with Gasteiger partial charge in [-0.3, -0.25) is 14.9 Å². The second-order valence-electron chi connectivity index (χ2n) is 9.54. The van der Waals surface area contributed by atoms with Crippen molar-refractivity contribution in [2.45, 2.75) is 43.9 Å². The topological polar surface area (TPSA) is 97.5 Å². The lowest BCUT2D eigenvalue weighted by atomic mass is 9.49. The summed E-state index contributed by atoms with van der Waals surface area (Å²) in [5, 5.41) is 17.0.